The second-order valence-corrected chi connectivity index (χ2v) is 12.3. The molecule has 4 aromatic rings. The largest absolute Gasteiger partial charge is 0.109 e. The molecular weight excluding hydrogens is 798 g/mol. The van der Waals surface area contributed by atoms with Gasteiger partial charge in [0.2, 0.25) is 0 Å². The highest BCUT2D eigenvalue weighted by molar-refractivity contribution is 9.11. The van der Waals surface area contributed by atoms with Crippen molar-refractivity contribution in [2.24, 2.45) is 0 Å². The smallest absolute Gasteiger partial charge is 0.0967 e. The van der Waals surface area contributed by atoms with E-state index in [2.05, 4.69) is 161 Å². The van der Waals surface area contributed by atoms with Gasteiger partial charge in [-0.25, -0.2) is 0 Å². The Labute approximate surface area is 266 Å². The molecule has 0 heterocycles. The van der Waals surface area contributed by atoms with Crippen LogP contribution in [0.4, 0.5) is 0 Å². The lowest BCUT2D eigenvalue weighted by atomic mass is 9.86. The molecule has 0 N–H and O–H groups in total. The first-order valence-electron chi connectivity index (χ1n) is 10.4. The Kier molecular flexibility index (Phi) is 15.4. The van der Waals surface area contributed by atoms with Crippen molar-refractivity contribution >= 4 is 121 Å². The van der Waals surface area contributed by atoms with Crippen LogP contribution in [-0.2, 0) is 0 Å². The molecule has 0 unspecified atom stereocenters. The van der Waals surface area contributed by atoms with Crippen LogP contribution in [0.1, 0.15) is 22.3 Å². The Morgan fingerprint density at radius 1 is 0.361 bits per heavy atom. The molecule has 0 aliphatic rings. The van der Waals surface area contributed by atoms with Crippen molar-refractivity contribution in [3.63, 3.8) is 0 Å². The number of halogens is 8. The molecule has 4 rings (SSSR count). The van der Waals surface area contributed by atoms with E-state index in [1.807, 2.05) is 0 Å². The minimum absolute atomic E-state index is 0.194. The molecule has 0 nitrogen and oxygen atoms in total. The van der Waals surface area contributed by atoms with Gasteiger partial charge in [0, 0.05) is 17.9 Å². The Bertz CT molecular complexity index is 1030. The van der Waals surface area contributed by atoms with Gasteiger partial charge in [0.05, 0.1) is 10.7 Å². The molecule has 4 aromatic carbocycles. The van der Waals surface area contributed by atoms with Crippen LogP contribution >= 0.6 is 110 Å². The SMILES string of the molecule is Brc1ccc(C(=C(c2ccc(Br)cc2)c2ccc(Br)cc2)c2ccc(Br)cc2)cc1.ClCCl.ClCCl. The van der Waals surface area contributed by atoms with E-state index in [1.54, 1.807) is 0 Å². The molecule has 0 fully saturated rings. The predicted molar refractivity (Wildman–Crippen MR) is 175 cm³/mol. The minimum atomic E-state index is 0.194. The molecule has 0 saturated heterocycles. The van der Waals surface area contributed by atoms with Gasteiger partial charge in [-0.2, -0.15) is 0 Å². The van der Waals surface area contributed by atoms with Gasteiger partial charge >= 0.3 is 0 Å². The van der Waals surface area contributed by atoms with Crippen LogP contribution in [0.5, 0.6) is 0 Å². The molecule has 0 aromatic heterocycles. The fourth-order valence-electron chi connectivity index (χ4n) is 3.38. The maximum atomic E-state index is 4.76. The first-order chi connectivity index (χ1) is 17.3. The lowest BCUT2D eigenvalue weighted by molar-refractivity contribution is 1.48. The number of hydrogen-bond donors (Lipinski definition) is 0. The molecule has 0 aliphatic carbocycles. The normalized spacial score (nSPS) is 9.89. The summed E-state index contributed by atoms with van der Waals surface area (Å²) < 4.78 is 4.26. The topological polar surface area (TPSA) is 0 Å². The Balaban J connectivity index is 0.000000693. The highest BCUT2D eigenvalue weighted by atomic mass is 79.9. The number of hydrogen-bond acceptors (Lipinski definition) is 0. The molecule has 0 bridgehead atoms. The van der Waals surface area contributed by atoms with Crippen LogP contribution in [0.3, 0.4) is 0 Å². The van der Waals surface area contributed by atoms with E-state index in [-0.39, 0.29) is 10.7 Å². The van der Waals surface area contributed by atoms with E-state index in [0.717, 1.165) is 17.9 Å². The molecule has 0 radical (unpaired) electrons. The van der Waals surface area contributed by atoms with Gasteiger partial charge in [0.15, 0.2) is 0 Å². The number of rotatable bonds is 4. The minimum Gasteiger partial charge on any atom is -0.109 e. The van der Waals surface area contributed by atoms with E-state index >= 15 is 0 Å². The van der Waals surface area contributed by atoms with E-state index in [4.69, 9.17) is 46.4 Å². The Hall–Kier alpha value is -0.300. The standard InChI is InChI=1S/C26H16Br4.2CH2Cl2/c27-21-9-1-17(2-10-21)25(18-3-11-22(28)12-4-18)26(19-5-13-23(29)14-6-19)20-7-15-24(30)16-8-20;2*2-1-3/h1-16H;2*1H2. The van der Waals surface area contributed by atoms with Crippen molar-refractivity contribution in [3.05, 3.63) is 137 Å². The number of benzene rings is 4. The summed E-state index contributed by atoms with van der Waals surface area (Å²) in [6, 6.07) is 34.1. The summed E-state index contributed by atoms with van der Waals surface area (Å²) in [6.07, 6.45) is 0. The van der Waals surface area contributed by atoms with E-state index in [9.17, 15) is 0 Å². The van der Waals surface area contributed by atoms with Crippen LogP contribution in [0.15, 0.2) is 115 Å². The molecule has 188 valence electrons. The van der Waals surface area contributed by atoms with Gasteiger partial charge in [-0.3, -0.25) is 0 Å². The second kappa shape index (κ2) is 17.3. The zero-order valence-corrected chi connectivity index (χ0v) is 28.0. The van der Waals surface area contributed by atoms with Crippen LogP contribution in [0, 0.1) is 0 Å². The lowest BCUT2D eigenvalue weighted by Crippen LogP contribution is -1.97. The summed E-state index contributed by atoms with van der Waals surface area (Å²) in [7, 11) is 0. The zero-order chi connectivity index (χ0) is 26.5. The van der Waals surface area contributed by atoms with Crippen LogP contribution in [0.25, 0.3) is 11.1 Å². The van der Waals surface area contributed by atoms with Crippen molar-refractivity contribution in [1.29, 1.82) is 0 Å². The number of alkyl halides is 4. The highest BCUT2D eigenvalue weighted by Crippen LogP contribution is 2.38. The van der Waals surface area contributed by atoms with Gasteiger partial charge in [-0.15, -0.1) is 46.4 Å². The van der Waals surface area contributed by atoms with Crippen molar-refractivity contribution in [1.82, 2.24) is 0 Å². The van der Waals surface area contributed by atoms with Gasteiger partial charge in [0.25, 0.3) is 0 Å². The van der Waals surface area contributed by atoms with Crippen molar-refractivity contribution < 1.29 is 0 Å². The molecule has 8 heteroatoms. The van der Waals surface area contributed by atoms with Gasteiger partial charge < -0.3 is 0 Å². The fourth-order valence-corrected chi connectivity index (χ4v) is 4.43. The molecular formula is C28H20Br4Cl4. The van der Waals surface area contributed by atoms with Crippen LogP contribution in [-0.4, -0.2) is 10.7 Å². The van der Waals surface area contributed by atoms with E-state index < -0.39 is 0 Å². The predicted octanol–water partition coefficient (Wildman–Crippen LogP) is 12.6. The molecule has 36 heavy (non-hydrogen) atoms. The maximum absolute atomic E-state index is 4.76. The van der Waals surface area contributed by atoms with Gasteiger partial charge in [-0.05, 0) is 81.9 Å². The van der Waals surface area contributed by atoms with Crippen LogP contribution in [0.2, 0.25) is 0 Å². The summed E-state index contributed by atoms with van der Waals surface area (Å²) in [6.45, 7) is 0. The zero-order valence-electron chi connectivity index (χ0n) is 18.7. The summed E-state index contributed by atoms with van der Waals surface area (Å²) in [4.78, 5) is 0. The monoisotopic (exact) mass is 812 g/mol. The second-order valence-electron chi connectivity index (χ2n) is 6.98. The summed E-state index contributed by atoms with van der Waals surface area (Å²) >= 11 is 33.3. The van der Waals surface area contributed by atoms with Gasteiger partial charge in [0.1, 0.15) is 0 Å². The summed E-state index contributed by atoms with van der Waals surface area (Å²) in [5.74, 6) is 0. The quantitative estimate of drug-likeness (QED) is 0.142. The highest BCUT2D eigenvalue weighted by Gasteiger charge is 2.16. The van der Waals surface area contributed by atoms with Crippen molar-refractivity contribution in [2.75, 3.05) is 10.7 Å². The molecule has 0 spiro atoms. The van der Waals surface area contributed by atoms with Crippen molar-refractivity contribution in [2.45, 2.75) is 0 Å². The molecule has 0 aliphatic heterocycles. The van der Waals surface area contributed by atoms with E-state index in [0.29, 0.717) is 0 Å². The Morgan fingerprint density at radius 3 is 0.639 bits per heavy atom. The third kappa shape index (κ3) is 10.1. The van der Waals surface area contributed by atoms with Gasteiger partial charge in [-0.1, -0.05) is 112 Å². The lowest BCUT2D eigenvalue weighted by Gasteiger charge is -2.18. The fraction of sp³-hybridized carbons (Fsp3) is 0.0714. The Morgan fingerprint density at radius 2 is 0.500 bits per heavy atom. The van der Waals surface area contributed by atoms with Crippen molar-refractivity contribution in [3.8, 4) is 0 Å². The third-order valence-corrected chi connectivity index (χ3v) is 6.90. The first-order valence-corrected chi connectivity index (χ1v) is 15.7. The molecule has 0 saturated carbocycles. The average Bonchev–Trinajstić information content (AvgIpc) is 2.87. The van der Waals surface area contributed by atoms with Crippen LogP contribution < -0.4 is 0 Å². The van der Waals surface area contributed by atoms with E-state index in [1.165, 1.54) is 33.4 Å². The summed E-state index contributed by atoms with van der Waals surface area (Å²) in [5, 5.41) is 0.389. The third-order valence-electron chi connectivity index (χ3n) is 4.78. The average molecular weight is 818 g/mol. The first kappa shape index (κ1) is 31.9. The maximum Gasteiger partial charge on any atom is 0.0967 e. The molecule has 0 amide bonds. The molecule has 0 atom stereocenters. The summed E-state index contributed by atoms with van der Waals surface area (Å²) in [5.41, 5.74) is 7.06.